The first kappa shape index (κ1) is 9.30. The molecule has 0 spiro atoms. The molecule has 0 aliphatic carbocycles. The van der Waals surface area contributed by atoms with Crippen LogP contribution in [0.15, 0.2) is 36.5 Å². The minimum absolute atomic E-state index is 0.226. The van der Waals surface area contributed by atoms with Gasteiger partial charge in [-0.25, -0.2) is 9.97 Å². The van der Waals surface area contributed by atoms with E-state index < -0.39 is 0 Å². The zero-order valence-electron chi connectivity index (χ0n) is 8.18. The van der Waals surface area contributed by atoms with Gasteiger partial charge in [0.25, 0.3) is 0 Å². The van der Waals surface area contributed by atoms with Gasteiger partial charge in [-0.3, -0.25) is 5.10 Å². The molecule has 0 fully saturated rings. The highest BCUT2D eigenvalue weighted by Crippen LogP contribution is 2.24. The summed E-state index contributed by atoms with van der Waals surface area (Å²) >= 11 is 5.75. The van der Waals surface area contributed by atoms with Crippen LogP contribution in [0, 0.1) is 0 Å². The number of fused-ring (bicyclic) bond motifs is 1. The molecule has 5 heteroatoms. The van der Waals surface area contributed by atoms with Crippen LogP contribution in [-0.2, 0) is 0 Å². The van der Waals surface area contributed by atoms with Crippen LogP contribution in [0.5, 0.6) is 0 Å². The Kier molecular flexibility index (Phi) is 2.08. The Morgan fingerprint density at radius 3 is 2.88 bits per heavy atom. The Bertz CT molecular complexity index is 647. The zero-order valence-corrected chi connectivity index (χ0v) is 8.94. The third-order valence-corrected chi connectivity index (χ3v) is 2.52. The normalized spacial score (nSPS) is 10.8. The van der Waals surface area contributed by atoms with Crippen LogP contribution in [0.2, 0.25) is 5.28 Å². The molecule has 0 bridgehead atoms. The number of halogens is 1. The third-order valence-electron chi connectivity index (χ3n) is 2.34. The molecule has 3 rings (SSSR count). The van der Waals surface area contributed by atoms with Crippen molar-refractivity contribution in [1.82, 2.24) is 20.2 Å². The van der Waals surface area contributed by atoms with E-state index in [2.05, 4.69) is 20.2 Å². The molecule has 0 unspecified atom stereocenters. The van der Waals surface area contributed by atoms with Gasteiger partial charge in [-0.2, -0.15) is 5.10 Å². The van der Waals surface area contributed by atoms with Crippen molar-refractivity contribution in [2.45, 2.75) is 0 Å². The molecule has 2 heterocycles. The highest BCUT2D eigenvalue weighted by Gasteiger charge is 2.08. The molecule has 16 heavy (non-hydrogen) atoms. The summed E-state index contributed by atoms with van der Waals surface area (Å²) < 4.78 is 0. The summed E-state index contributed by atoms with van der Waals surface area (Å²) in [5, 5.41) is 8.44. The monoisotopic (exact) mass is 230 g/mol. The van der Waals surface area contributed by atoms with Gasteiger partial charge >= 0.3 is 0 Å². The van der Waals surface area contributed by atoms with Crippen molar-refractivity contribution in [3.63, 3.8) is 0 Å². The summed E-state index contributed by atoms with van der Waals surface area (Å²) in [5.41, 5.74) is 2.49. The number of para-hydroxylation sites is 1. The van der Waals surface area contributed by atoms with Gasteiger partial charge < -0.3 is 0 Å². The summed E-state index contributed by atoms with van der Waals surface area (Å²) in [4.78, 5) is 7.98. The zero-order chi connectivity index (χ0) is 11.0. The molecule has 0 saturated heterocycles. The van der Waals surface area contributed by atoms with E-state index in [0.717, 1.165) is 22.3 Å². The van der Waals surface area contributed by atoms with Crippen LogP contribution in [-0.4, -0.2) is 20.2 Å². The molecule has 0 atom stereocenters. The van der Waals surface area contributed by atoms with Gasteiger partial charge in [0.1, 0.15) is 5.69 Å². The minimum Gasteiger partial charge on any atom is -0.277 e. The number of hydrogen-bond donors (Lipinski definition) is 1. The lowest BCUT2D eigenvalue weighted by Crippen LogP contribution is -1.87. The third kappa shape index (κ3) is 1.44. The summed E-state index contributed by atoms with van der Waals surface area (Å²) in [5.74, 6) is 0. The van der Waals surface area contributed by atoms with E-state index in [1.807, 2.05) is 24.3 Å². The van der Waals surface area contributed by atoms with Crippen LogP contribution < -0.4 is 0 Å². The largest absolute Gasteiger partial charge is 0.277 e. The summed E-state index contributed by atoms with van der Waals surface area (Å²) in [6, 6.07) is 9.66. The van der Waals surface area contributed by atoms with Crippen LogP contribution in [0.1, 0.15) is 0 Å². The first-order valence-electron chi connectivity index (χ1n) is 4.76. The highest BCUT2D eigenvalue weighted by atomic mass is 35.5. The van der Waals surface area contributed by atoms with Crippen molar-refractivity contribution in [1.29, 1.82) is 0 Å². The minimum atomic E-state index is 0.226. The van der Waals surface area contributed by atoms with Crippen molar-refractivity contribution >= 4 is 22.5 Å². The molecule has 1 aromatic carbocycles. The molecule has 1 N–H and O–H groups in total. The maximum atomic E-state index is 5.75. The predicted octanol–water partition coefficient (Wildman–Crippen LogP) is 2.67. The summed E-state index contributed by atoms with van der Waals surface area (Å²) in [6.45, 7) is 0. The lowest BCUT2D eigenvalue weighted by atomic mass is 10.2. The van der Waals surface area contributed by atoms with Crippen molar-refractivity contribution < 1.29 is 0 Å². The lowest BCUT2D eigenvalue weighted by molar-refractivity contribution is 1.10. The Morgan fingerprint density at radius 1 is 1.12 bits per heavy atom. The van der Waals surface area contributed by atoms with Crippen molar-refractivity contribution in [3.8, 4) is 11.4 Å². The fourth-order valence-electron chi connectivity index (χ4n) is 1.63. The molecule has 0 radical (unpaired) electrons. The Morgan fingerprint density at radius 2 is 2.00 bits per heavy atom. The number of aromatic nitrogens is 4. The van der Waals surface area contributed by atoms with E-state index in [4.69, 9.17) is 11.6 Å². The maximum Gasteiger partial charge on any atom is 0.222 e. The molecule has 0 amide bonds. The van der Waals surface area contributed by atoms with Crippen molar-refractivity contribution in [3.05, 3.63) is 41.8 Å². The molecule has 78 valence electrons. The molecule has 0 aliphatic rings. The fourth-order valence-corrected chi connectivity index (χ4v) is 1.77. The second kappa shape index (κ2) is 3.57. The number of nitrogens with one attached hydrogen (secondary N) is 1. The summed E-state index contributed by atoms with van der Waals surface area (Å²) in [7, 11) is 0. The van der Waals surface area contributed by atoms with E-state index in [1.54, 1.807) is 12.3 Å². The van der Waals surface area contributed by atoms with E-state index in [0.29, 0.717) is 0 Å². The molecule has 0 saturated carbocycles. The highest BCUT2D eigenvalue weighted by molar-refractivity contribution is 6.28. The average molecular weight is 231 g/mol. The number of hydrogen-bond acceptors (Lipinski definition) is 3. The first-order chi connectivity index (χ1) is 7.84. The lowest BCUT2D eigenvalue weighted by Gasteiger charge is -1.96. The van der Waals surface area contributed by atoms with Crippen LogP contribution in [0.25, 0.3) is 22.3 Å². The number of H-pyrrole nitrogens is 1. The van der Waals surface area contributed by atoms with Gasteiger partial charge in [0.05, 0.1) is 11.2 Å². The van der Waals surface area contributed by atoms with Gasteiger partial charge in [-0.05, 0) is 23.7 Å². The van der Waals surface area contributed by atoms with Gasteiger partial charge in [0.15, 0.2) is 0 Å². The summed E-state index contributed by atoms with van der Waals surface area (Å²) in [6.07, 6.45) is 1.62. The van der Waals surface area contributed by atoms with Crippen LogP contribution >= 0.6 is 11.6 Å². The van der Waals surface area contributed by atoms with Gasteiger partial charge in [-0.15, -0.1) is 0 Å². The van der Waals surface area contributed by atoms with E-state index in [1.165, 1.54) is 0 Å². The average Bonchev–Trinajstić information content (AvgIpc) is 2.72. The quantitative estimate of drug-likeness (QED) is 0.654. The Balaban J connectivity index is 2.26. The second-order valence-electron chi connectivity index (χ2n) is 3.33. The van der Waals surface area contributed by atoms with E-state index in [9.17, 15) is 0 Å². The van der Waals surface area contributed by atoms with Crippen LogP contribution in [0.3, 0.4) is 0 Å². The Hall–Kier alpha value is -1.94. The standard InChI is InChI=1S/C11H7ClN4/c12-11-13-6-5-9(14-11)10-7-3-1-2-4-8(7)15-16-10/h1-6H,(H,15,16). The molecular weight excluding hydrogens is 224 g/mol. The fraction of sp³-hybridized carbons (Fsp3) is 0. The molecular formula is C11H7ClN4. The number of rotatable bonds is 1. The van der Waals surface area contributed by atoms with E-state index >= 15 is 0 Å². The van der Waals surface area contributed by atoms with Gasteiger partial charge in [-0.1, -0.05) is 18.2 Å². The van der Waals surface area contributed by atoms with Crippen LogP contribution in [0.4, 0.5) is 0 Å². The van der Waals surface area contributed by atoms with Crippen molar-refractivity contribution in [2.75, 3.05) is 0 Å². The van der Waals surface area contributed by atoms with Crippen molar-refractivity contribution in [2.24, 2.45) is 0 Å². The molecule has 4 nitrogen and oxygen atoms in total. The topological polar surface area (TPSA) is 54.5 Å². The molecule has 0 aliphatic heterocycles. The molecule has 2 aromatic heterocycles. The molecule has 3 aromatic rings. The Labute approximate surface area is 96.3 Å². The van der Waals surface area contributed by atoms with Gasteiger partial charge in [0.2, 0.25) is 5.28 Å². The second-order valence-corrected chi connectivity index (χ2v) is 3.67. The number of nitrogens with zero attached hydrogens (tertiary/aromatic N) is 3. The SMILES string of the molecule is Clc1nccc(-c2n[nH]c3ccccc23)n1. The van der Waals surface area contributed by atoms with E-state index in [-0.39, 0.29) is 5.28 Å². The predicted molar refractivity (Wildman–Crippen MR) is 62.1 cm³/mol. The number of benzene rings is 1. The maximum absolute atomic E-state index is 5.75. The van der Waals surface area contributed by atoms with Gasteiger partial charge in [0, 0.05) is 11.6 Å². The smallest absolute Gasteiger partial charge is 0.222 e. The number of aromatic amines is 1. The first-order valence-corrected chi connectivity index (χ1v) is 5.14.